The molecule has 1 amide bonds. The lowest BCUT2D eigenvalue weighted by atomic mass is 10.1. The Morgan fingerprint density at radius 3 is 2.79 bits per heavy atom. The smallest absolute Gasteiger partial charge is 0.257 e. The monoisotopic (exact) mass is 448 g/mol. The number of fused-ring (bicyclic) bond motifs is 1. The highest BCUT2D eigenvalue weighted by molar-refractivity contribution is 6.08. The van der Waals surface area contributed by atoms with Crippen molar-refractivity contribution in [2.75, 3.05) is 32.0 Å². The number of nitrogens with one attached hydrogen (secondary N) is 1. The molecule has 11 nitrogen and oxygen atoms in total. The first kappa shape index (κ1) is 21.0. The maximum Gasteiger partial charge on any atom is 0.257 e. The van der Waals surface area contributed by atoms with Crippen LogP contribution in [0.15, 0.2) is 41.2 Å². The molecule has 1 unspecified atom stereocenters. The normalized spacial score (nSPS) is 16.4. The van der Waals surface area contributed by atoms with Gasteiger partial charge in [-0.3, -0.25) is 9.78 Å². The van der Waals surface area contributed by atoms with Gasteiger partial charge in [0.1, 0.15) is 5.52 Å². The van der Waals surface area contributed by atoms with Crippen LogP contribution in [0.2, 0.25) is 0 Å². The fourth-order valence-electron chi connectivity index (χ4n) is 4.25. The molecule has 1 aliphatic rings. The molecule has 11 heteroatoms. The number of aliphatic hydroxyl groups is 1. The number of anilines is 1. The Kier molecular flexibility index (Phi) is 5.48. The van der Waals surface area contributed by atoms with Gasteiger partial charge in [-0.25, -0.2) is 9.61 Å². The summed E-state index contributed by atoms with van der Waals surface area (Å²) in [6.07, 6.45) is 1.60. The fraction of sp³-hybridized carbons (Fsp3) is 0.318. The molecule has 0 saturated carbocycles. The number of imidazole rings is 1. The second kappa shape index (κ2) is 8.60. The predicted octanol–water partition coefficient (Wildman–Crippen LogP) is 1.16. The number of nitrogens with zero attached hydrogens (tertiary/aromatic N) is 6. The zero-order valence-electron chi connectivity index (χ0n) is 18.1. The zero-order valence-corrected chi connectivity index (χ0v) is 18.1. The SMILES string of the molecule is CCn1c(-c2nonc2N)nc2c(-c3ccccc3)ncc(C(=O)N3CCNC(CO)C3)c21. The number of aromatic nitrogens is 5. The summed E-state index contributed by atoms with van der Waals surface area (Å²) in [6.45, 7) is 3.97. The van der Waals surface area contributed by atoms with Crippen LogP contribution in [0.3, 0.4) is 0 Å². The van der Waals surface area contributed by atoms with E-state index >= 15 is 0 Å². The molecule has 33 heavy (non-hydrogen) atoms. The number of hydrogen-bond donors (Lipinski definition) is 3. The number of amides is 1. The minimum absolute atomic E-state index is 0.0418. The third-order valence-electron chi connectivity index (χ3n) is 5.85. The Morgan fingerprint density at radius 1 is 1.27 bits per heavy atom. The van der Waals surface area contributed by atoms with Gasteiger partial charge in [-0.15, -0.1) is 0 Å². The van der Waals surface area contributed by atoms with Crippen molar-refractivity contribution in [1.82, 2.24) is 35.1 Å². The predicted molar refractivity (Wildman–Crippen MR) is 121 cm³/mol. The Hall–Kier alpha value is -3.83. The summed E-state index contributed by atoms with van der Waals surface area (Å²) < 4.78 is 6.69. The molecule has 1 saturated heterocycles. The highest BCUT2D eigenvalue weighted by atomic mass is 16.6. The molecule has 1 fully saturated rings. The summed E-state index contributed by atoms with van der Waals surface area (Å²) in [6, 6.07) is 9.51. The third kappa shape index (κ3) is 3.60. The van der Waals surface area contributed by atoms with E-state index in [4.69, 9.17) is 15.3 Å². The molecule has 4 heterocycles. The van der Waals surface area contributed by atoms with Gasteiger partial charge in [0.2, 0.25) is 0 Å². The summed E-state index contributed by atoms with van der Waals surface area (Å²) in [4.78, 5) is 24.8. The van der Waals surface area contributed by atoms with E-state index in [0.29, 0.717) is 60.0 Å². The Balaban J connectivity index is 1.73. The first-order valence-corrected chi connectivity index (χ1v) is 10.8. The van der Waals surface area contributed by atoms with Crippen molar-refractivity contribution in [2.24, 2.45) is 0 Å². The van der Waals surface area contributed by atoms with Crippen LogP contribution in [0, 0.1) is 0 Å². The maximum absolute atomic E-state index is 13.6. The van der Waals surface area contributed by atoms with Crippen LogP contribution in [0.4, 0.5) is 5.82 Å². The second-order valence-corrected chi connectivity index (χ2v) is 7.85. The van der Waals surface area contributed by atoms with Crippen LogP contribution >= 0.6 is 0 Å². The molecular formula is C22H24N8O3. The average Bonchev–Trinajstić information content (AvgIpc) is 3.46. The molecule has 5 rings (SSSR count). The quantitative estimate of drug-likeness (QED) is 0.409. The van der Waals surface area contributed by atoms with Crippen molar-refractivity contribution in [3.63, 3.8) is 0 Å². The molecule has 0 aliphatic carbocycles. The lowest BCUT2D eigenvalue weighted by Crippen LogP contribution is -2.54. The van der Waals surface area contributed by atoms with Crippen molar-refractivity contribution >= 4 is 22.8 Å². The maximum atomic E-state index is 13.6. The van der Waals surface area contributed by atoms with Crippen molar-refractivity contribution in [3.05, 3.63) is 42.1 Å². The van der Waals surface area contributed by atoms with Gasteiger partial charge in [-0.2, -0.15) is 0 Å². The lowest BCUT2D eigenvalue weighted by molar-refractivity contribution is 0.0672. The van der Waals surface area contributed by atoms with Crippen molar-refractivity contribution < 1.29 is 14.5 Å². The Morgan fingerprint density at radius 2 is 2.09 bits per heavy atom. The first-order valence-electron chi connectivity index (χ1n) is 10.8. The molecule has 3 aromatic heterocycles. The number of nitrogen functional groups attached to an aromatic ring is 1. The summed E-state index contributed by atoms with van der Waals surface area (Å²) in [5, 5.41) is 20.4. The van der Waals surface area contributed by atoms with Crippen LogP contribution < -0.4 is 11.1 Å². The standard InChI is InChI=1S/C22H24N8O3/c1-2-30-19-15(22(32)29-9-8-24-14(11-29)12-31)10-25-16(13-6-4-3-5-7-13)17(19)26-21(30)18-20(23)28-33-27-18/h3-7,10,14,24,31H,2,8-9,11-12H2,1H3,(H2,23,28). The number of carbonyl (C=O) groups is 1. The second-order valence-electron chi connectivity index (χ2n) is 7.85. The molecule has 170 valence electrons. The Bertz CT molecular complexity index is 1300. The van der Waals surface area contributed by atoms with Crippen LogP contribution in [0.25, 0.3) is 33.8 Å². The highest BCUT2D eigenvalue weighted by Crippen LogP contribution is 2.34. The molecule has 0 bridgehead atoms. The van der Waals surface area contributed by atoms with Gasteiger partial charge in [-0.05, 0) is 17.2 Å². The van der Waals surface area contributed by atoms with E-state index in [9.17, 15) is 9.90 Å². The molecule has 4 aromatic rings. The summed E-state index contributed by atoms with van der Waals surface area (Å²) in [5.41, 5.74) is 9.46. The van der Waals surface area contributed by atoms with Crippen LogP contribution in [0.5, 0.6) is 0 Å². The van der Waals surface area contributed by atoms with Crippen molar-refractivity contribution in [3.8, 4) is 22.8 Å². The van der Waals surface area contributed by atoms with E-state index in [0.717, 1.165) is 5.56 Å². The highest BCUT2D eigenvalue weighted by Gasteiger charge is 2.29. The van der Waals surface area contributed by atoms with Crippen LogP contribution in [0.1, 0.15) is 17.3 Å². The van der Waals surface area contributed by atoms with Gasteiger partial charge in [0.05, 0.1) is 23.4 Å². The minimum atomic E-state index is -0.167. The molecule has 1 aliphatic heterocycles. The largest absolute Gasteiger partial charge is 0.395 e. The van der Waals surface area contributed by atoms with E-state index in [1.807, 2.05) is 41.8 Å². The van der Waals surface area contributed by atoms with Gasteiger partial charge >= 0.3 is 0 Å². The van der Waals surface area contributed by atoms with Gasteiger partial charge in [0.25, 0.3) is 5.91 Å². The lowest BCUT2D eigenvalue weighted by Gasteiger charge is -2.33. The first-order chi connectivity index (χ1) is 16.1. The number of piperazine rings is 1. The fourth-order valence-corrected chi connectivity index (χ4v) is 4.25. The molecule has 1 aromatic carbocycles. The number of aliphatic hydroxyl groups excluding tert-OH is 1. The molecule has 0 radical (unpaired) electrons. The summed E-state index contributed by atoms with van der Waals surface area (Å²) >= 11 is 0. The molecular weight excluding hydrogens is 424 g/mol. The zero-order chi connectivity index (χ0) is 22.9. The molecule has 4 N–H and O–H groups in total. The molecule has 0 spiro atoms. The van der Waals surface area contributed by atoms with Crippen molar-refractivity contribution in [2.45, 2.75) is 19.5 Å². The van der Waals surface area contributed by atoms with Gasteiger partial charge in [0, 0.05) is 44.0 Å². The minimum Gasteiger partial charge on any atom is -0.395 e. The number of nitrogens with two attached hydrogens (primary N) is 1. The number of rotatable bonds is 5. The summed E-state index contributed by atoms with van der Waals surface area (Å²) in [5.74, 6) is 0.411. The number of benzene rings is 1. The van der Waals surface area contributed by atoms with Crippen LogP contribution in [-0.2, 0) is 6.54 Å². The van der Waals surface area contributed by atoms with E-state index in [1.165, 1.54) is 0 Å². The van der Waals surface area contributed by atoms with E-state index < -0.39 is 0 Å². The Labute approximate surface area is 189 Å². The summed E-state index contributed by atoms with van der Waals surface area (Å²) in [7, 11) is 0. The van der Waals surface area contributed by atoms with Gasteiger partial charge < -0.3 is 25.6 Å². The topological polar surface area (TPSA) is 148 Å². The van der Waals surface area contributed by atoms with Crippen LogP contribution in [-0.4, -0.2) is 73.0 Å². The molecule has 1 atom stereocenters. The third-order valence-corrected chi connectivity index (χ3v) is 5.85. The van der Waals surface area contributed by atoms with Crippen molar-refractivity contribution in [1.29, 1.82) is 0 Å². The van der Waals surface area contributed by atoms with Gasteiger partial charge in [-0.1, -0.05) is 30.3 Å². The average molecular weight is 448 g/mol. The van der Waals surface area contributed by atoms with E-state index in [1.54, 1.807) is 11.1 Å². The van der Waals surface area contributed by atoms with E-state index in [2.05, 4.69) is 20.6 Å². The van der Waals surface area contributed by atoms with Gasteiger partial charge in [0.15, 0.2) is 17.3 Å². The number of pyridine rings is 1. The number of hydrogen-bond acceptors (Lipinski definition) is 9. The van der Waals surface area contributed by atoms with E-state index in [-0.39, 0.29) is 24.4 Å². The number of carbonyl (C=O) groups excluding carboxylic acids is 1. The number of aryl methyl sites for hydroxylation is 1.